The minimum absolute atomic E-state index is 0.112. The highest BCUT2D eigenvalue weighted by atomic mass is 32.2. The minimum Gasteiger partial charge on any atom is -0.462 e. The van der Waals surface area contributed by atoms with Crippen LogP contribution in [0.2, 0.25) is 0 Å². The maximum absolute atomic E-state index is 11.7. The molecule has 13 heteroatoms. The second-order valence-corrected chi connectivity index (χ2v) is 7.76. The molecule has 0 amide bonds. The summed E-state index contributed by atoms with van der Waals surface area (Å²) in [4.78, 5) is 22.6. The lowest BCUT2D eigenvalue weighted by atomic mass is 10.00. The molecule has 1 aliphatic heterocycles. The molecule has 0 aromatic heterocycles. The largest absolute Gasteiger partial charge is 0.462 e. The van der Waals surface area contributed by atoms with Crippen LogP contribution in [0.1, 0.15) is 26.7 Å². The normalized spacial score (nSPS) is 29.1. The van der Waals surface area contributed by atoms with E-state index in [0.717, 1.165) is 6.92 Å². The van der Waals surface area contributed by atoms with Gasteiger partial charge in [-0.2, -0.15) is 8.42 Å². The number of esters is 2. The molecule has 28 heavy (non-hydrogen) atoms. The molecule has 12 nitrogen and oxygen atoms in total. The number of carbonyl (C=O) groups is 2. The van der Waals surface area contributed by atoms with E-state index in [2.05, 4.69) is 0 Å². The van der Waals surface area contributed by atoms with Crippen molar-refractivity contribution in [2.45, 2.75) is 63.5 Å². The first kappa shape index (κ1) is 24.7. The fraction of sp³-hybridized carbons (Fsp3) is 0.867. The predicted molar refractivity (Wildman–Crippen MR) is 90.5 cm³/mol. The van der Waals surface area contributed by atoms with Gasteiger partial charge in [0.1, 0.15) is 36.8 Å². The topological polar surface area (TPSA) is 186 Å². The van der Waals surface area contributed by atoms with Crippen LogP contribution in [-0.2, 0) is 38.7 Å². The summed E-state index contributed by atoms with van der Waals surface area (Å²) in [5.74, 6) is -2.24. The molecule has 6 atom stereocenters. The van der Waals surface area contributed by atoms with Crippen LogP contribution < -0.4 is 0 Å². The van der Waals surface area contributed by atoms with Crippen LogP contribution in [-0.4, -0.2) is 96.0 Å². The molecule has 1 saturated heterocycles. The molecule has 0 aromatic carbocycles. The summed E-state index contributed by atoms with van der Waals surface area (Å²) in [6.45, 7) is 2.14. The van der Waals surface area contributed by atoms with E-state index in [9.17, 15) is 33.3 Å². The van der Waals surface area contributed by atoms with Crippen LogP contribution in [0.4, 0.5) is 0 Å². The van der Waals surface area contributed by atoms with Gasteiger partial charge >= 0.3 is 11.9 Å². The van der Waals surface area contributed by atoms with Gasteiger partial charge in [0.2, 0.25) is 0 Å². The Hall–Kier alpha value is -1.35. The van der Waals surface area contributed by atoms with Crippen molar-refractivity contribution < 1.29 is 56.8 Å². The molecule has 0 bridgehead atoms. The molecule has 0 unspecified atom stereocenters. The standard InChI is InChI=1S/C15H26O12S/c1-3-4-11(17)26-9(5-24-8(2)16)6-25-15-14(20)13(19)12(18)10(27-15)7-28(21,22)23/h9-10,12-15,18-20H,3-7H2,1-2H3,(H,21,22,23)/t9-,10-,12-,13+,14-,15-/m1/s1. The van der Waals surface area contributed by atoms with Gasteiger partial charge < -0.3 is 34.3 Å². The molecular weight excluding hydrogens is 404 g/mol. The fourth-order valence-corrected chi connectivity index (χ4v) is 3.07. The molecule has 1 aliphatic rings. The van der Waals surface area contributed by atoms with Crippen LogP contribution in [0, 0.1) is 0 Å². The smallest absolute Gasteiger partial charge is 0.306 e. The summed E-state index contributed by atoms with van der Waals surface area (Å²) in [6.07, 6.45) is -8.97. The van der Waals surface area contributed by atoms with Gasteiger partial charge in [-0.05, 0) is 6.42 Å². The van der Waals surface area contributed by atoms with Crippen LogP contribution in [0.15, 0.2) is 0 Å². The van der Waals surface area contributed by atoms with Crippen molar-refractivity contribution in [3.63, 3.8) is 0 Å². The lowest BCUT2D eigenvalue weighted by molar-refractivity contribution is -0.297. The maximum atomic E-state index is 11.7. The number of hydrogen-bond acceptors (Lipinski definition) is 11. The van der Waals surface area contributed by atoms with Gasteiger partial charge in [-0.1, -0.05) is 6.92 Å². The van der Waals surface area contributed by atoms with E-state index in [-0.39, 0.29) is 13.0 Å². The van der Waals surface area contributed by atoms with E-state index in [1.54, 1.807) is 6.92 Å². The summed E-state index contributed by atoms with van der Waals surface area (Å²) in [5.41, 5.74) is 0. The molecular formula is C15H26O12S. The third-order valence-electron chi connectivity index (χ3n) is 3.71. The highest BCUT2D eigenvalue weighted by Crippen LogP contribution is 2.23. The maximum Gasteiger partial charge on any atom is 0.306 e. The zero-order valence-electron chi connectivity index (χ0n) is 15.5. The van der Waals surface area contributed by atoms with Crippen molar-refractivity contribution in [3.05, 3.63) is 0 Å². The first-order valence-electron chi connectivity index (χ1n) is 8.53. The third-order valence-corrected chi connectivity index (χ3v) is 4.46. The van der Waals surface area contributed by atoms with Crippen LogP contribution in [0.25, 0.3) is 0 Å². The summed E-state index contributed by atoms with van der Waals surface area (Å²) in [7, 11) is -4.55. The zero-order chi connectivity index (χ0) is 21.5. The number of aliphatic hydroxyl groups is 3. The summed E-state index contributed by atoms with van der Waals surface area (Å²) in [5, 5.41) is 29.6. The molecule has 0 saturated carbocycles. The van der Waals surface area contributed by atoms with Crippen molar-refractivity contribution in [2.24, 2.45) is 0 Å². The van der Waals surface area contributed by atoms with Crippen LogP contribution >= 0.6 is 0 Å². The van der Waals surface area contributed by atoms with Gasteiger partial charge in [-0.3, -0.25) is 14.1 Å². The van der Waals surface area contributed by atoms with Gasteiger partial charge in [-0.15, -0.1) is 0 Å². The Morgan fingerprint density at radius 3 is 2.29 bits per heavy atom. The second-order valence-electron chi connectivity index (χ2n) is 6.26. The van der Waals surface area contributed by atoms with Gasteiger partial charge in [0.15, 0.2) is 12.4 Å². The van der Waals surface area contributed by atoms with E-state index in [4.69, 9.17) is 23.5 Å². The first-order valence-corrected chi connectivity index (χ1v) is 10.1. The Morgan fingerprint density at radius 2 is 1.75 bits per heavy atom. The molecule has 4 N–H and O–H groups in total. The number of carbonyl (C=O) groups excluding carboxylic acids is 2. The molecule has 0 aliphatic carbocycles. The summed E-state index contributed by atoms with van der Waals surface area (Å²) < 4.78 is 51.2. The van der Waals surface area contributed by atoms with Crippen molar-refractivity contribution in [1.29, 1.82) is 0 Å². The van der Waals surface area contributed by atoms with Crippen molar-refractivity contribution in [2.75, 3.05) is 19.0 Å². The molecule has 1 fully saturated rings. The average molecular weight is 430 g/mol. The van der Waals surface area contributed by atoms with Gasteiger partial charge in [0.25, 0.3) is 10.1 Å². The van der Waals surface area contributed by atoms with Crippen molar-refractivity contribution in [1.82, 2.24) is 0 Å². The SMILES string of the molecule is CCCC(=O)O[C@H](COC(C)=O)CO[C@@H]1O[C@H](CS(=O)(=O)O)[C@@H](O)[C@H](O)[C@H]1O. The van der Waals surface area contributed by atoms with E-state index < -0.39 is 71.2 Å². The molecule has 164 valence electrons. The Bertz CT molecular complexity index is 621. The van der Waals surface area contributed by atoms with Crippen LogP contribution in [0.5, 0.6) is 0 Å². The highest BCUT2D eigenvalue weighted by Gasteiger charge is 2.45. The lowest BCUT2D eigenvalue weighted by Gasteiger charge is -2.40. The van der Waals surface area contributed by atoms with Gasteiger partial charge in [0, 0.05) is 13.3 Å². The monoisotopic (exact) mass is 430 g/mol. The predicted octanol–water partition coefficient (Wildman–Crippen LogP) is -2.03. The fourth-order valence-electron chi connectivity index (χ4n) is 2.38. The Balaban J connectivity index is 2.76. The van der Waals surface area contributed by atoms with E-state index in [1.807, 2.05) is 0 Å². The molecule has 1 rings (SSSR count). The number of hydrogen-bond donors (Lipinski definition) is 4. The molecule has 0 spiro atoms. The van der Waals surface area contributed by atoms with Gasteiger partial charge in [-0.25, -0.2) is 0 Å². The Morgan fingerprint density at radius 1 is 1.11 bits per heavy atom. The summed E-state index contributed by atoms with van der Waals surface area (Å²) >= 11 is 0. The minimum atomic E-state index is -4.55. The van der Waals surface area contributed by atoms with Crippen molar-refractivity contribution in [3.8, 4) is 0 Å². The van der Waals surface area contributed by atoms with Gasteiger partial charge in [0.05, 0.1) is 6.61 Å². The highest BCUT2D eigenvalue weighted by molar-refractivity contribution is 7.85. The number of rotatable bonds is 10. The lowest BCUT2D eigenvalue weighted by Crippen LogP contribution is -2.60. The van der Waals surface area contributed by atoms with Crippen LogP contribution in [0.3, 0.4) is 0 Å². The van der Waals surface area contributed by atoms with E-state index in [0.29, 0.717) is 6.42 Å². The third kappa shape index (κ3) is 8.34. The Kier molecular flexibility index (Phi) is 9.69. The summed E-state index contributed by atoms with van der Waals surface area (Å²) in [6, 6.07) is 0. The van der Waals surface area contributed by atoms with E-state index in [1.165, 1.54) is 0 Å². The number of ether oxygens (including phenoxy) is 4. The quantitative estimate of drug-likeness (QED) is 0.220. The number of aliphatic hydroxyl groups excluding tert-OH is 3. The Labute approximate surface area is 162 Å². The van der Waals surface area contributed by atoms with E-state index >= 15 is 0 Å². The average Bonchev–Trinajstić information content (AvgIpc) is 2.57. The second kappa shape index (κ2) is 11.0. The van der Waals surface area contributed by atoms with Crippen molar-refractivity contribution >= 4 is 22.1 Å². The first-order chi connectivity index (χ1) is 12.9. The molecule has 0 radical (unpaired) electrons. The zero-order valence-corrected chi connectivity index (χ0v) is 16.3. The molecule has 0 aromatic rings. The molecule has 1 heterocycles.